The number of hydrogen-bond acceptors (Lipinski definition) is 4. The Bertz CT molecular complexity index is 718. The van der Waals surface area contributed by atoms with Crippen LogP contribution in [0.3, 0.4) is 0 Å². The zero-order chi connectivity index (χ0) is 18.9. The van der Waals surface area contributed by atoms with Crippen molar-refractivity contribution in [1.29, 1.82) is 0 Å². The van der Waals surface area contributed by atoms with Gasteiger partial charge in [0.1, 0.15) is 17.6 Å². The predicted molar refractivity (Wildman–Crippen MR) is 119 cm³/mol. The molecule has 2 aromatic rings. The zero-order valence-electron chi connectivity index (χ0n) is 16.6. The van der Waals surface area contributed by atoms with Gasteiger partial charge in [-0.25, -0.2) is 4.99 Å². The largest absolute Gasteiger partial charge is 0.493 e. The van der Waals surface area contributed by atoms with Crippen molar-refractivity contribution in [2.45, 2.75) is 39.8 Å². The van der Waals surface area contributed by atoms with Crippen LogP contribution in [0.25, 0.3) is 0 Å². The third-order valence-corrected chi connectivity index (χ3v) is 3.79. The van der Waals surface area contributed by atoms with Crippen molar-refractivity contribution in [2.24, 2.45) is 4.99 Å². The third-order valence-electron chi connectivity index (χ3n) is 3.79. The highest BCUT2D eigenvalue weighted by molar-refractivity contribution is 14.0. The highest BCUT2D eigenvalue weighted by Gasteiger charge is 2.12. The first-order chi connectivity index (χ1) is 12.5. The maximum atomic E-state index is 5.95. The second kappa shape index (κ2) is 11.7. The number of halogens is 1. The van der Waals surface area contributed by atoms with Gasteiger partial charge in [-0.15, -0.1) is 24.0 Å². The molecule has 27 heavy (non-hydrogen) atoms. The molecule has 0 bridgehead atoms. The molecule has 2 atom stereocenters. The fourth-order valence-electron chi connectivity index (χ4n) is 2.47. The maximum Gasteiger partial charge on any atom is 0.191 e. The number of nitrogens with one attached hydrogen (secondary N) is 2. The van der Waals surface area contributed by atoms with E-state index in [-0.39, 0.29) is 36.1 Å². The molecule has 0 saturated heterocycles. The summed E-state index contributed by atoms with van der Waals surface area (Å²) in [6.45, 7) is 9.29. The van der Waals surface area contributed by atoms with Crippen LogP contribution in [-0.4, -0.2) is 32.3 Å². The summed E-state index contributed by atoms with van der Waals surface area (Å²) in [5.74, 6) is 3.94. The van der Waals surface area contributed by atoms with E-state index in [1.165, 1.54) is 0 Å². The van der Waals surface area contributed by atoms with E-state index < -0.39 is 0 Å². The lowest BCUT2D eigenvalue weighted by Crippen LogP contribution is -2.39. The highest BCUT2D eigenvalue weighted by Crippen LogP contribution is 2.26. The molecular formula is C20H30IN3O3. The molecular weight excluding hydrogens is 457 g/mol. The van der Waals surface area contributed by atoms with Crippen LogP contribution in [0.15, 0.2) is 45.8 Å². The van der Waals surface area contributed by atoms with Crippen LogP contribution >= 0.6 is 24.0 Å². The van der Waals surface area contributed by atoms with Crippen LogP contribution in [0.5, 0.6) is 11.5 Å². The standard InChI is InChI=1S/C20H29N3O3.HI/c1-6-21-20(23-16(4)17-12-11-14(2)25-17)22-13-15(3)26-19-10-8-7-9-18(19)24-5;/h7-12,15-16H,6,13H2,1-5H3,(H2,21,22,23);1H. The summed E-state index contributed by atoms with van der Waals surface area (Å²) in [6.07, 6.45) is -0.0945. The summed E-state index contributed by atoms with van der Waals surface area (Å²) in [7, 11) is 1.63. The predicted octanol–water partition coefficient (Wildman–Crippen LogP) is 4.30. The average molecular weight is 487 g/mol. The van der Waals surface area contributed by atoms with Crippen molar-refractivity contribution >= 4 is 29.9 Å². The fraction of sp³-hybridized carbons (Fsp3) is 0.450. The van der Waals surface area contributed by atoms with Gasteiger partial charge in [0.2, 0.25) is 0 Å². The van der Waals surface area contributed by atoms with Gasteiger partial charge in [0, 0.05) is 6.54 Å². The molecule has 0 aliphatic rings. The Morgan fingerprint density at radius 2 is 1.85 bits per heavy atom. The molecule has 0 radical (unpaired) electrons. The SMILES string of the molecule is CCNC(=NCC(C)Oc1ccccc1OC)NC(C)c1ccc(C)o1.I. The van der Waals surface area contributed by atoms with Gasteiger partial charge in [-0.1, -0.05) is 12.1 Å². The van der Waals surface area contributed by atoms with Gasteiger partial charge in [-0.05, 0) is 52.0 Å². The number of methoxy groups -OCH3 is 1. The number of hydrogen-bond donors (Lipinski definition) is 2. The third kappa shape index (κ3) is 7.32. The van der Waals surface area contributed by atoms with Crippen molar-refractivity contribution in [3.63, 3.8) is 0 Å². The van der Waals surface area contributed by atoms with E-state index in [0.717, 1.165) is 35.5 Å². The first-order valence-electron chi connectivity index (χ1n) is 8.94. The number of benzene rings is 1. The molecule has 2 unspecified atom stereocenters. The Labute approximate surface area is 178 Å². The van der Waals surface area contributed by atoms with Crippen LogP contribution in [0.1, 0.15) is 38.3 Å². The van der Waals surface area contributed by atoms with Crippen molar-refractivity contribution < 1.29 is 13.9 Å². The maximum absolute atomic E-state index is 5.95. The molecule has 0 fully saturated rings. The lowest BCUT2D eigenvalue weighted by atomic mass is 10.2. The molecule has 0 aliphatic heterocycles. The molecule has 150 valence electrons. The number of ether oxygens (including phenoxy) is 2. The number of rotatable bonds is 8. The van der Waals surface area contributed by atoms with Crippen molar-refractivity contribution in [3.05, 3.63) is 47.9 Å². The van der Waals surface area contributed by atoms with Crippen LogP contribution in [0, 0.1) is 6.92 Å². The first kappa shape index (κ1) is 23.1. The van der Waals surface area contributed by atoms with Crippen molar-refractivity contribution in [1.82, 2.24) is 10.6 Å². The number of furan rings is 1. The Morgan fingerprint density at radius 1 is 1.15 bits per heavy atom. The minimum Gasteiger partial charge on any atom is -0.493 e. The smallest absolute Gasteiger partial charge is 0.191 e. The molecule has 6 nitrogen and oxygen atoms in total. The summed E-state index contributed by atoms with van der Waals surface area (Å²) < 4.78 is 16.9. The fourth-order valence-corrected chi connectivity index (χ4v) is 2.47. The molecule has 0 spiro atoms. The van der Waals surface area contributed by atoms with E-state index in [9.17, 15) is 0 Å². The second-order valence-electron chi connectivity index (χ2n) is 6.11. The van der Waals surface area contributed by atoms with E-state index in [2.05, 4.69) is 15.6 Å². The molecule has 0 amide bonds. The minimum absolute atomic E-state index is 0. The summed E-state index contributed by atoms with van der Waals surface area (Å²) in [5.41, 5.74) is 0. The highest BCUT2D eigenvalue weighted by atomic mass is 127. The summed E-state index contributed by atoms with van der Waals surface area (Å²) in [4.78, 5) is 4.62. The Hall–Kier alpha value is -1.90. The number of aryl methyl sites for hydroxylation is 1. The summed E-state index contributed by atoms with van der Waals surface area (Å²) in [5, 5.41) is 6.60. The number of nitrogens with zero attached hydrogens (tertiary/aromatic N) is 1. The van der Waals surface area contributed by atoms with Gasteiger partial charge in [0.25, 0.3) is 0 Å². The van der Waals surface area contributed by atoms with E-state index in [4.69, 9.17) is 13.9 Å². The van der Waals surface area contributed by atoms with Crippen molar-refractivity contribution in [3.8, 4) is 11.5 Å². The first-order valence-corrected chi connectivity index (χ1v) is 8.94. The Kier molecular flexibility index (Phi) is 10.1. The summed E-state index contributed by atoms with van der Waals surface area (Å²) in [6, 6.07) is 11.6. The summed E-state index contributed by atoms with van der Waals surface area (Å²) >= 11 is 0. The number of guanidine groups is 1. The lowest BCUT2D eigenvalue weighted by molar-refractivity contribution is 0.219. The molecule has 0 aliphatic carbocycles. The Morgan fingerprint density at radius 3 is 2.44 bits per heavy atom. The Balaban J connectivity index is 0.00000364. The molecule has 0 saturated carbocycles. The van der Waals surface area contributed by atoms with Crippen LogP contribution in [-0.2, 0) is 0 Å². The lowest BCUT2D eigenvalue weighted by Gasteiger charge is -2.18. The van der Waals surface area contributed by atoms with Crippen LogP contribution in [0.4, 0.5) is 0 Å². The van der Waals surface area contributed by atoms with Crippen LogP contribution < -0.4 is 20.1 Å². The molecule has 2 N–H and O–H groups in total. The molecule has 7 heteroatoms. The zero-order valence-corrected chi connectivity index (χ0v) is 18.9. The number of para-hydroxylation sites is 2. The van der Waals surface area contributed by atoms with E-state index >= 15 is 0 Å². The molecule has 1 aromatic carbocycles. The van der Waals surface area contributed by atoms with E-state index in [1.807, 2.05) is 64.1 Å². The van der Waals surface area contributed by atoms with Gasteiger partial charge in [-0.3, -0.25) is 0 Å². The quantitative estimate of drug-likeness (QED) is 0.330. The van der Waals surface area contributed by atoms with Gasteiger partial charge < -0.3 is 24.5 Å². The minimum atomic E-state index is -0.0945. The molecule has 1 heterocycles. The number of aliphatic imine (C=N–C) groups is 1. The van der Waals surface area contributed by atoms with Gasteiger partial charge in [-0.2, -0.15) is 0 Å². The van der Waals surface area contributed by atoms with Gasteiger partial charge in [0.05, 0.1) is 19.7 Å². The molecule has 2 rings (SSSR count). The van der Waals surface area contributed by atoms with E-state index in [0.29, 0.717) is 6.54 Å². The average Bonchev–Trinajstić information content (AvgIpc) is 3.07. The van der Waals surface area contributed by atoms with Gasteiger partial charge >= 0.3 is 0 Å². The monoisotopic (exact) mass is 487 g/mol. The van der Waals surface area contributed by atoms with Crippen LogP contribution in [0.2, 0.25) is 0 Å². The second-order valence-corrected chi connectivity index (χ2v) is 6.11. The van der Waals surface area contributed by atoms with Crippen molar-refractivity contribution in [2.75, 3.05) is 20.2 Å². The normalized spacial score (nSPS) is 13.3. The van der Waals surface area contributed by atoms with Gasteiger partial charge in [0.15, 0.2) is 17.5 Å². The molecule has 1 aromatic heterocycles. The topological polar surface area (TPSA) is 68.0 Å². The van der Waals surface area contributed by atoms with E-state index in [1.54, 1.807) is 7.11 Å².